The monoisotopic (exact) mass is 518 g/mol. The molecular weight excluding hydrogens is 484 g/mol. The van der Waals surface area contributed by atoms with Gasteiger partial charge in [0, 0.05) is 46.8 Å². The summed E-state index contributed by atoms with van der Waals surface area (Å²) < 4.78 is 10.0. The second-order valence-corrected chi connectivity index (χ2v) is 9.93. The molecule has 1 aliphatic rings. The fraction of sp³-hybridized carbons (Fsp3) is 0.393. The van der Waals surface area contributed by atoms with Gasteiger partial charge in [-0.2, -0.15) is 4.98 Å². The maximum atomic E-state index is 13.2. The number of aromatic nitrogens is 4. The zero-order valence-electron chi connectivity index (χ0n) is 22.1. The van der Waals surface area contributed by atoms with Crippen LogP contribution in [0.5, 0.6) is 5.75 Å². The largest absolute Gasteiger partial charge is 0.491 e. The first kappa shape index (κ1) is 25.7. The lowest BCUT2D eigenvalue weighted by Gasteiger charge is -2.35. The van der Waals surface area contributed by atoms with Crippen LogP contribution < -0.4 is 20.9 Å². The van der Waals surface area contributed by atoms with E-state index in [9.17, 15) is 14.7 Å². The van der Waals surface area contributed by atoms with Crippen molar-refractivity contribution in [2.45, 2.75) is 26.1 Å². The lowest BCUT2D eigenvalue weighted by Crippen LogP contribution is -2.47. The second-order valence-electron chi connectivity index (χ2n) is 9.93. The molecule has 1 atom stereocenters. The zero-order valence-corrected chi connectivity index (χ0v) is 22.1. The molecule has 38 heavy (non-hydrogen) atoms. The van der Waals surface area contributed by atoms with Gasteiger partial charge < -0.3 is 19.3 Å². The minimum absolute atomic E-state index is 0.0551. The molecule has 0 spiro atoms. The summed E-state index contributed by atoms with van der Waals surface area (Å²) in [7, 11) is 3.07. The summed E-state index contributed by atoms with van der Waals surface area (Å²) in [6, 6.07) is 18.0. The second kappa shape index (κ2) is 10.8. The molecule has 3 heterocycles. The molecule has 0 aliphatic carbocycles. The van der Waals surface area contributed by atoms with E-state index in [1.807, 2.05) is 49.4 Å². The molecular formula is C28H34N6O4. The lowest BCUT2D eigenvalue weighted by molar-refractivity contribution is 0.0934. The van der Waals surface area contributed by atoms with Crippen molar-refractivity contribution in [3.05, 3.63) is 86.6 Å². The molecule has 1 saturated heterocycles. The molecule has 0 saturated carbocycles. The van der Waals surface area contributed by atoms with E-state index in [1.165, 1.54) is 17.2 Å². The first-order valence-electron chi connectivity index (χ1n) is 12.9. The molecule has 0 radical (unpaired) electrons. The number of imidazole rings is 1. The summed E-state index contributed by atoms with van der Waals surface area (Å²) in [5.41, 5.74) is 2.07. The number of hydrogen-bond acceptors (Lipinski definition) is 7. The Morgan fingerprint density at radius 1 is 0.974 bits per heavy atom. The standard InChI is InChI=1S/C28H34N6O4/c1-20-8-7-11-23(16-20)38-19-22(35)18-34-24-25(30(2)28(37)31(3)26(24)36)29-27(34)33-14-12-32(13-15-33)17-21-9-5-4-6-10-21/h4-11,16,22,35H,12-15,17-19H2,1-3H3/t22-/m0/s1. The molecule has 10 nitrogen and oxygen atoms in total. The Labute approximate surface area is 220 Å². The summed E-state index contributed by atoms with van der Waals surface area (Å²) in [6.07, 6.45) is -0.895. The summed E-state index contributed by atoms with van der Waals surface area (Å²) >= 11 is 0. The third-order valence-corrected chi connectivity index (χ3v) is 7.06. The van der Waals surface area contributed by atoms with Gasteiger partial charge in [0.1, 0.15) is 18.5 Å². The van der Waals surface area contributed by atoms with Crippen molar-refractivity contribution >= 4 is 17.1 Å². The third kappa shape index (κ3) is 5.23. The zero-order chi connectivity index (χ0) is 26.8. The molecule has 0 unspecified atom stereocenters. The average molecular weight is 519 g/mol. The van der Waals surface area contributed by atoms with Gasteiger partial charge in [0.25, 0.3) is 5.56 Å². The van der Waals surface area contributed by atoms with Crippen LogP contribution in [0.25, 0.3) is 11.2 Å². The van der Waals surface area contributed by atoms with E-state index >= 15 is 0 Å². The summed E-state index contributed by atoms with van der Waals surface area (Å²) in [4.78, 5) is 35.1. The van der Waals surface area contributed by atoms with Crippen LogP contribution in [0.3, 0.4) is 0 Å². The number of aryl methyl sites for hydroxylation is 2. The molecule has 0 bridgehead atoms. The molecule has 1 N–H and O–H groups in total. The van der Waals surface area contributed by atoms with Gasteiger partial charge in [-0.05, 0) is 30.2 Å². The van der Waals surface area contributed by atoms with Crippen molar-refractivity contribution in [1.82, 2.24) is 23.6 Å². The van der Waals surface area contributed by atoms with Crippen molar-refractivity contribution in [2.24, 2.45) is 14.1 Å². The third-order valence-electron chi connectivity index (χ3n) is 7.06. The maximum Gasteiger partial charge on any atom is 0.332 e. The number of ether oxygens (including phenoxy) is 1. The summed E-state index contributed by atoms with van der Waals surface area (Å²) in [5, 5.41) is 10.9. The van der Waals surface area contributed by atoms with Crippen molar-refractivity contribution < 1.29 is 9.84 Å². The number of anilines is 1. The van der Waals surface area contributed by atoms with Crippen molar-refractivity contribution in [3.8, 4) is 5.75 Å². The predicted molar refractivity (Wildman–Crippen MR) is 147 cm³/mol. The molecule has 2 aromatic heterocycles. The molecule has 1 aliphatic heterocycles. The van der Waals surface area contributed by atoms with Gasteiger partial charge in [0.15, 0.2) is 11.2 Å². The smallest absolute Gasteiger partial charge is 0.332 e. The Kier molecular flexibility index (Phi) is 7.35. The Morgan fingerprint density at radius 2 is 1.71 bits per heavy atom. The number of nitrogens with zero attached hydrogens (tertiary/aromatic N) is 6. The average Bonchev–Trinajstić information content (AvgIpc) is 3.29. The van der Waals surface area contributed by atoms with E-state index in [-0.39, 0.29) is 13.2 Å². The molecule has 2 aromatic carbocycles. The van der Waals surface area contributed by atoms with Crippen LogP contribution in [-0.4, -0.2) is 67.6 Å². The molecule has 200 valence electrons. The SMILES string of the molecule is Cc1cccc(OC[C@@H](O)Cn2c(N3CCN(Cc4ccccc4)CC3)nc3c2c(=O)n(C)c(=O)n3C)c1. The highest BCUT2D eigenvalue weighted by atomic mass is 16.5. The Morgan fingerprint density at radius 3 is 2.42 bits per heavy atom. The highest BCUT2D eigenvalue weighted by Gasteiger charge is 2.27. The number of fused-ring (bicyclic) bond motifs is 1. The molecule has 0 amide bonds. The highest BCUT2D eigenvalue weighted by molar-refractivity contribution is 5.74. The van der Waals surface area contributed by atoms with Crippen LogP contribution in [0.15, 0.2) is 64.2 Å². The molecule has 10 heteroatoms. The number of benzene rings is 2. The van der Waals surface area contributed by atoms with E-state index in [0.29, 0.717) is 36.0 Å². The van der Waals surface area contributed by atoms with Gasteiger partial charge in [-0.25, -0.2) is 4.79 Å². The molecule has 4 aromatic rings. The van der Waals surface area contributed by atoms with Crippen molar-refractivity contribution in [2.75, 3.05) is 37.7 Å². The summed E-state index contributed by atoms with van der Waals surface area (Å²) in [5.74, 6) is 1.25. The minimum Gasteiger partial charge on any atom is -0.491 e. The number of rotatable bonds is 8. The lowest BCUT2D eigenvalue weighted by atomic mass is 10.2. The van der Waals surface area contributed by atoms with Gasteiger partial charge in [-0.15, -0.1) is 0 Å². The van der Waals surface area contributed by atoms with Crippen molar-refractivity contribution in [3.63, 3.8) is 0 Å². The van der Waals surface area contributed by atoms with Gasteiger partial charge in [0.2, 0.25) is 5.95 Å². The van der Waals surface area contributed by atoms with E-state index in [1.54, 1.807) is 11.6 Å². The van der Waals surface area contributed by atoms with E-state index in [4.69, 9.17) is 9.72 Å². The van der Waals surface area contributed by atoms with Crippen LogP contribution in [0.2, 0.25) is 0 Å². The van der Waals surface area contributed by atoms with E-state index in [0.717, 1.165) is 29.8 Å². The number of hydrogen-bond donors (Lipinski definition) is 1. The Hall–Kier alpha value is -3.89. The van der Waals surface area contributed by atoms with Gasteiger partial charge >= 0.3 is 5.69 Å². The number of aliphatic hydroxyl groups is 1. The van der Waals surface area contributed by atoms with Crippen LogP contribution >= 0.6 is 0 Å². The van der Waals surface area contributed by atoms with Crippen LogP contribution in [0.4, 0.5) is 5.95 Å². The fourth-order valence-electron chi connectivity index (χ4n) is 4.96. The fourth-order valence-corrected chi connectivity index (χ4v) is 4.96. The molecule has 5 rings (SSSR count). The van der Waals surface area contributed by atoms with Gasteiger partial charge in [-0.1, -0.05) is 42.5 Å². The molecule has 1 fully saturated rings. The minimum atomic E-state index is -0.895. The Balaban J connectivity index is 1.41. The topological polar surface area (TPSA) is 97.8 Å². The first-order chi connectivity index (χ1) is 18.3. The van der Waals surface area contributed by atoms with Gasteiger partial charge in [-0.3, -0.25) is 18.8 Å². The van der Waals surface area contributed by atoms with Crippen LogP contribution in [-0.2, 0) is 27.2 Å². The van der Waals surface area contributed by atoms with Crippen LogP contribution in [0.1, 0.15) is 11.1 Å². The quantitative estimate of drug-likeness (QED) is 0.378. The predicted octanol–water partition coefficient (Wildman–Crippen LogP) is 1.50. The maximum absolute atomic E-state index is 13.2. The Bertz CT molecular complexity index is 1530. The number of piperazine rings is 1. The van der Waals surface area contributed by atoms with E-state index < -0.39 is 17.4 Å². The van der Waals surface area contributed by atoms with Crippen molar-refractivity contribution in [1.29, 1.82) is 0 Å². The first-order valence-corrected chi connectivity index (χ1v) is 12.9. The summed E-state index contributed by atoms with van der Waals surface area (Å²) in [6.45, 7) is 6.08. The normalized spacial score (nSPS) is 15.2. The van der Waals surface area contributed by atoms with Crippen LogP contribution in [0, 0.1) is 6.92 Å². The van der Waals surface area contributed by atoms with E-state index in [2.05, 4.69) is 21.9 Å². The highest BCUT2D eigenvalue weighted by Crippen LogP contribution is 2.22. The number of aliphatic hydroxyl groups excluding tert-OH is 1. The van der Waals surface area contributed by atoms with Gasteiger partial charge in [0.05, 0.1) is 6.54 Å².